The quantitative estimate of drug-likeness (QED) is 0.813. The van der Waals surface area contributed by atoms with E-state index in [4.69, 9.17) is 28.3 Å². The van der Waals surface area contributed by atoms with Gasteiger partial charge < -0.3 is 5.11 Å². The average molecular weight is 245 g/mol. The predicted octanol–water partition coefficient (Wildman–Crippen LogP) is 3.05. The van der Waals surface area contributed by atoms with Gasteiger partial charge in [0.25, 0.3) is 0 Å². The smallest absolute Gasteiger partial charge is 0.313 e. The maximum Gasteiger partial charge on any atom is 0.313 e. The lowest BCUT2D eigenvalue weighted by Gasteiger charge is -2.03. The number of carbonyl (C=O) groups is 1. The summed E-state index contributed by atoms with van der Waals surface area (Å²) in [6.45, 7) is 1.58. The molecule has 4 heteroatoms. The standard InChI is InChI=1S/C11H10Cl2O2/c1-10(9(14)15)8(11(10,12)13)7-5-3-2-4-6-7/h2-6,8H,1H3,(H,14,15)/t8-,10-/m0/s1. The molecule has 2 nitrogen and oxygen atoms in total. The van der Waals surface area contributed by atoms with E-state index >= 15 is 0 Å². The minimum atomic E-state index is -1.21. The van der Waals surface area contributed by atoms with Crippen LogP contribution in [-0.2, 0) is 4.79 Å². The number of carboxylic acid groups (broad SMARTS) is 1. The van der Waals surface area contributed by atoms with Crippen LogP contribution in [0.1, 0.15) is 18.4 Å². The third kappa shape index (κ3) is 1.28. The lowest BCUT2D eigenvalue weighted by Crippen LogP contribution is -2.17. The van der Waals surface area contributed by atoms with Gasteiger partial charge in [-0.15, -0.1) is 0 Å². The van der Waals surface area contributed by atoms with Gasteiger partial charge in [0.1, 0.15) is 9.75 Å². The zero-order valence-electron chi connectivity index (χ0n) is 8.08. The number of rotatable bonds is 2. The zero-order valence-corrected chi connectivity index (χ0v) is 9.59. The summed E-state index contributed by atoms with van der Waals surface area (Å²) in [7, 11) is 0. The molecule has 0 spiro atoms. The highest BCUT2D eigenvalue weighted by Gasteiger charge is 2.78. The third-order valence-electron chi connectivity index (χ3n) is 3.13. The predicted molar refractivity (Wildman–Crippen MR) is 59.4 cm³/mol. The molecule has 1 aromatic carbocycles. The highest BCUT2D eigenvalue weighted by atomic mass is 35.5. The van der Waals surface area contributed by atoms with Gasteiger partial charge in [-0.25, -0.2) is 0 Å². The van der Waals surface area contributed by atoms with Gasteiger partial charge in [-0.3, -0.25) is 4.79 Å². The van der Waals surface area contributed by atoms with Crippen LogP contribution in [0.4, 0.5) is 0 Å². The molecule has 1 aliphatic rings. The Labute approximate surface area is 97.8 Å². The van der Waals surface area contributed by atoms with E-state index in [-0.39, 0.29) is 5.92 Å². The molecule has 1 N–H and O–H groups in total. The maximum absolute atomic E-state index is 11.1. The summed E-state index contributed by atoms with van der Waals surface area (Å²) in [4.78, 5) is 11.1. The first-order valence-electron chi connectivity index (χ1n) is 4.58. The molecule has 0 heterocycles. The molecule has 80 valence electrons. The molecular formula is C11H10Cl2O2. The SMILES string of the molecule is C[C@@]1(C(=O)O)[C@H](c2ccccc2)C1(Cl)Cl. The number of aliphatic carboxylic acids is 1. The van der Waals surface area contributed by atoms with Crippen LogP contribution >= 0.6 is 23.2 Å². The minimum Gasteiger partial charge on any atom is -0.481 e. The molecule has 0 bridgehead atoms. The van der Waals surface area contributed by atoms with Gasteiger partial charge in [0.2, 0.25) is 0 Å². The van der Waals surface area contributed by atoms with E-state index in [1.165, 1.54) is 0 Å². The Kier molecular flexibility index (Phi) is 2.25. The lowest BCUT2D eigenvalue weighted by atomic mass is 10.0. The van der Waals surface area contributed by atoms with Crippen molar-refractivity contribution in [2.24, 2.45) is 5.41 Å². The number of hydrogen-bond acceptors (Lipinski definition) is 1. The van der Waals surface area contributed by atoms with Crippen LogP contribution in [0.2, 0.25) is 0 Å². The van der Waals surface area contributed by atoms with Crippen LogP contribution in [-0.4, -0.2) is 15.4 Å². The molecule has 0 unspecified atom stereocenters. The Balaban J connectivity index is 2.39. The van der Waals surface area contributed by atoms with Crippen LogP contribution in [0.3, 0.4) is 0 Å². The third-order valence-corrected chi connectivity index (χ3v) is 4.35. The average Bonchev–Trinajstić information content (AvgIpc) is 2.64. The van der Waals surface area contributed by atoms with Gasteiger partial charge in [0, 0.05) is 5.92 Å². The summed E-state index contributed by atoms with van der Waals surface area (Å²) in [5.41, 5.74) is -0.218. The molecule has 0 radical (unpaired) electrons. The first-order valence-corrected chi connectivity index (χ1v) is 5.34. The second-order valence-electron chi connectivity index (χ2n) is 3.97. The van der Waals surface area contributed by atoms with Crippen molar-refractivity contribution in [2.75, 3.05) is 0 Å². The van der Waals surface area contributed by atoms with Crippen LogP contribution in [0.25, 0.3) is 0 Å². The van der Waals surface area contributed by atoms with E-state index in [9.17, 15) is 4.79 Å². The van der Waals surface area contributed by atoms with E-state index in [2.05, 4.69) is 0 Å². The first-order chi connectivity index (χ1) is 6.92. The van der Waals surface area contributed by atoms with Gasteiger partial charge in [0.05, 0.1) is 0 Å². The van der Waals surface area contributed by atoms with Gasteiger partial charge in [-0.1, -0.05) is 53.5 Å². The van der Waals surface area contributed by atoms with Crippen LogP contribution in [0.15, 0.2) is 30.3 Å². The summed E-state index contributed by atoms with van der Waals surface area (Å²) < 4.78 is -1.21. The molecule has 0 aliphatic heterocycles. The van der Waals surface area contributed by atoms with E-state index < -0.39 is 15.7 Å². The zero-order chi connectivity index (χ0) is 11.3. The summed E-state index contributed by atoms with van der Waals surface area (Å²) in [6, 6.07) is 9.25. The van der Waals surface area contributed by atoms with Gasteiger partial charge in [-0.2, -0.15) is 0 Å². The van der Waals surface area contributed by atoms with Crippen LogP contribution in [0.5, 0.6) is 0 Å². The van der Waals surface area contributed by atoms with Crippen molar-refractivity contribution >= 4 is 29.2 Å². The summed E-state index contributed by atoms with van der Waals surface area (Å²) in [5, 5.41) is 9.11. The molecule has 0 saturated heterocycles. The number of carboxylic acids is 1. The van der Waals surface area contributed by atoms with Crippen molar-refractivity contribution in [3.8, 4) is 0 Å². The molecule has 1 aliphatic carbocycles. The van der Waals surface area contributed by atoms with E-state index in [1.807, 2.05) is 30.3 Å². The van der Waals surface area contributed by atoms with E-state index in [1.54, 1.807) is 6.92 Å². The number of benzene rings is 1. The van der Waals surface area contributed by atoms with Crippen molar-refractivity contribution < 1.29 is 9.90 Å². The Morgan fingerprint density at radius 1 is 1.33 bits per heavy atom. The van der Waals surface area contributed by atoms with Crippen LogP contribution in [0, 0.1) is 5.41 Å². The monoisotopic (exact) mass is 244 g/mol. The Morgan fingerprint density at radius 3 is 2.27 bits per heavy atom. The number of alkyl halides is 2. The van der Waals surface area contributed by atoms with Crippen LogP contribution < -0.4 is 0 Å². The van der Waals surface area contributed by atoms with Crippen molar-refractivity contribution in [3.63, 3.8) is 0 Å². The van der Waals surface area contributed by atoms with Crippen molar-refractivity contribution in [1.29, 1.82) is 0 Å². The molecule has 15 heavy (non-hydrogen) atoms. The highest BCUT2D eigenvalue weighted by Crippen LogP contribution is 2.73. The molecule has 1 fully saturated rings. The largest absolute Gasteiger partial charge is 0.481 e. The van der Waals surface area contributed by atoms with Crippen molar-refractivity contribution in [1.82, 2.24) is 0 Å². The Bertz CT molecular complexity index is 402. The van der Waals surface area contributed by atoms with Crippen molar-refractivity contribution in [3.05, 3.63) is 35.9 Å². The van der Waals surface area contributed by atoms with E-state index in [0.717, 1.165) is 5.56 Å². The Morgan fingerprint density at radius 2 is 1.87 bits per heavy atom. The highest BCUT2D eigenvalue weighted by molar-refractivity contribution is 6.54. The fourth-order valence-electron chi connectivity index (χ4n) is 1.99. The fraction of sp³-hybridized carbons (Fsp3) is 0.364. The Hall–Kier alpha value is -0.730. The molecule has 1 aromatic rings. The first kappa shape index (κ1) is 10.8. The van der Waals surface area contributed by atoms with Gasteiger partial charge in [0.15, 0.2) is 0 Å². The number of halogens is 2. The minimum absolute atomic E-state index is 0.341. The van der Waals surface area contributed by atoms with Gasteiger partial charge >= 0.3 is 5.97 Å². The second kappa shape index (κ2) is 3.13. The molecular weight excluding hydrogens is 235 g/mol. The second-order valence-corrected chi connectivity index (χ2v) is 5.36. The summed E-state index contributed by atoms with van der Waals surface area (Å²) >= 11 is 12.1. The molecule has 0 amide bonds. The normalized spacial score (nSPS) is 32.3. The summed E-state index contributed by atoms with van der Waals surface area (Å²) in [6.07, 6.45) is 0. The molecule has 1 saturated carbocycles. The van der Waals surface area contributed by atoms with Gasteiger partial charge in [-0.05, 0) is 12.5 Å². The van der Waals surface area contributed by atoms with E-state index in [0.29, 0.717) is 0 Å². The lowest BCUT2D eigenvalue weighted by molar-refractivity contribution is -0.142. The maximum atomic E-state index is 11.1. The fourth-order valence-corrected chi connectivity index (χ4v) is 2.94. The number of hydrogen-bond donors (Lipinski definition) is 1. The van der Waals surface area contributed by atoms with Crippen molar-refractivity contribution in [2.45, 2.75) is 17.2 Å². The molecule has 0 aromatic heterocycles. The summed E-state index contributed by atoms with van der Waals surface area (Å²) in [5.74, 6) is -1.30. The topological polar surface area (TPSA) is 37.3 Å². The molecule has 2 rings (SSSR count). The molecule has 2 atom stereocenters.